The topological polar surface area (TPSA) is 50.4 Å². The standard InChI is InChI=1S/C17H20O3S/c1-11-3-2-4-14(7-11)21-10-12-5-6-15-13(8-12)9-16(20-15)17(18)19/h5-6,8-9,11,14H,2-4,7,10H2,1H3,(H,18,19). The predicted octanol–water partition coefficient (Wildman–Crippen LogP) is 4.94. The van der Waals surface area contributed by atoms with Crippen LogP contribution in [0, 0.1) is 5.92 Å². The summed E-state index contributed by atoms with van der Waals surface area (Å²) in [6.07, 6.45) is 5.37. The highest BCUT2D eigenvalue weighted by molar-refractivity contribution is 7.99. The number of hydrogen-bond acceptors (Lipinski definition) is 3. The van der Waals surface area contributed by atoms with Gasteiger partial charge < -0.3 is 9.52 Å². The summed E-state index contributed by atoms with van der Waals surface area (Å²) in [7, 11) is 0. The van der Waals surface area contributed by atoms with Crippen molar-refractivity contribution in [1.82, 2.24) is 0 Å². The summed E-state index contributed by atoms with van der Waals surface area (Å²) in [5.41, 5.74) is 1.89. The first-order chi connectivity index (χ1) is 10.1. The van der Waals surface area contributed by atoms with Crippen molar-refractivity contribution in [2.24, 2.45) is 5.92 Å². The third kappa shape index (κ3) is 3.43. The lowest BCUT2D eigenvalue weighted by atomic mass is 9.91. The zero-order valence-electron chi connectivity index (χ0n) is 12.2. The minimum atomic E-state index is -1.02. The SMILES string of the molecule is CC1CCCC(SCc2ccc3oc(C(=O)O)cc3c2)C1. The number of benzene rings is 1. The van der Waals surface area contributed by atoms with Crippen LogP contribution in [0.3, 0.4) is 0 Å². The molecule has 0 saturated heterocycles. The molecular weight excluding hydrogens is 284 g/mol. The van der Waals surface area contributed by atoms with Crippen molar-refractivity contribution in [1.29, 1.82) is 0 Å². The molecule has 4 heteroatoms. The van der Waals surface area contributed by atoms with Crippen molar-refractivity contribution in [2.75, 3.05) is 0 Å². The number of fused-ring (bicyclic) bond motifs is 1. The van der Waals surface area contributed by atoms with E-state index in [0.717, 1.165) is 22.3 Å². The van der Waals surface area contributed by atoms with Crippen molar-refractivity contribution in [3.05, 3.63) is 35.6 Å². The average Bonchev–Trinajstić information content (AvgIpc) is 2.88. The molecule has 2 unspecified atom stereocenters. The molecule has 0 spiro atoms. The molecule has 21 heavy (non-hydrogen) atoms. The molecule has 1 aliphatic rings. The van der Waals surface area contributed by atoms with E-state index < -0.39 is 5.97 Å². The van der Waals surface area contributed by atoms with Crippen LogP contribution in [0.5, 0.6) is 0 Å². The highest BCUT2D eigenvalue weighted by Crippen LogP contribution is 2.34. The zero-order chi connectivity index (χ0) is 14.8. The fourth-order valence-corrected chi connectivity index (χ4v) is 4.44. The van der Waals surface area contributed by atoms with Crippen molar-refractivity contribution in [2.45, 2.75) is 43.6 Å². The maximum Gasteiger partial charge on any atom is 0.371 e. The van der Waals surface area contributed by atoms with Crippen LogP contribution in [-0.2, 0) is 5.75 Å². The smallest absolute Gasteiger partial charge is 0.371 e. The highest BCUT2D eigenvalue weighted by Gasteiger charge is 2.19. The first-order valence-corrected chi connectivity index (χ1v) is 8.54. The monoisotopic (exact) mass is 304 g/mol. The van der Waals surface area contributed by atoms with Gasteiger partial charge in [0.15, 0.2) is 0 Å². The first-order valence-electron chi connectivity index (χ1n) is 7.49. The first kappa shape index (κ1) is 14.5. The second-order valence-corrected chi connectivity index (χ2v) is 7.28. The molecule has 0 radical (unpaired) electrons. The van der Waals surface area contributed by atoms with Crippen molar-refractivity contribution >= 4 is 28.7 Å². The Bertz CT molecular complexity index is 647. The second kappa shape index (κ2) is 6.14. The predicted molar refractivity (Wildman–Crippen MR) is 85.9 cm³/mol. The third-order valence-corrected chi connectivity index (χ3v) is 5.57. The average molecular weight is 304 g/mol. The Labute approximate surface area is 128 Å². The van der Waals surface area contributed by atoms with Gasteiger partial charge in [0.25, 0.3) is 0 Å². The number of carboxylic acid groups (broad SMARTS) is 1. The van der Waals surface area contributed by atoms with E-state index >= 15 is 0 Å². The van der Waals surface area contributed by atoms with Gasteiger partial charge in [-0.25, -0.2) is 4.79 Å². The Balaban J connectivity index is 1.68. The molecule has 112 valence electrons. The normalized spacial score (nSPS) is 22.5. The molecule has 3 rings (SSSR count). The molecule has 1 aromatic heterocycles. The molecule has 0 bridgehead atoms. The Morgan fingerprint density at radius 1 is 1.38 bits per heavy atom. The van der Waals surface area contributed by atoms with Crippen molar-refractivity contribution in [3.8, 4) is 0 Å². The molecule has 1 N–H and O–H groups in total. The molecule has 3 nitrogen and oxygen atoms in total. The summed E-state index contributed by atoms with van der Waals surface area (Å²) >= 11 is 2.03. The molecule has 1 aliphatic carbocycles. The molecule has 1 heterocycles. The van der Waals surface area contributed by atoms with E-state index in [0.29, 0.717) is 5.58 Å². The fourth-order valence-electron chi connectivity index (χ4n) is 3.03. The molecule has 2 aromatic rings. The van der Waals surface area contributed by atoms with Crippen LogP contribution in [0.25, 0.3) is 11.0 Å². The molecule has 1 aromatic carbocycles. The van der Waals surface area contributed by atoms with E-state index in [1.54, 1.807) is 6.07 Å². The molecule has 1 fully saturated rings. The lowest BCUT2D eigenvalue weighted by molar-refractivity contribution is 0.0665. The minimum Gasteiger partial charge on any atom is -0.475 e. The molecule has 2 atom stereocenters. The summed E-state index contributed by atoms with van der Waals surface area (Å²) in [5.74, 6) is 0.834. The maximum atomic E-state index is 10.9. The van der Waals surface area contributed by atoms with Gasteiger partial charge in [0.2, 0.25) is 5.76 Å². The minimum absolute atomic E-state index is 0.0101. The summed E-state index contributed by atoms with van der Waals surface area (Å²) in [6, 6.07) is 7.57. The molecular formula is C17H20O3S. The van der Waals surface area contributed by atoms with Crippen LogP contribution in [0.15, 0.2) is 28.7 Å². The largest absolute Gasteiger partial charge is 0.475 e. The van der Waals surface area contributed by atoms with Gasteiger partial charge in [0.1, 0.15) is 5.58 Å². The van der Waals surface area contributed by atoms with Gasteiger partial charge in [0, 0.05) is 16.4 Å². The number of aromatic carboxylic acids is 1. The fraction of sp³-hybridized carbons (Fsp3) is 0.471. The van der Waals surface area contributed by atoms with Crippen LogP contribution in [-0.4, -0.2) is 16.3 Å². The molecule has 1 saturated carbocycles. The van der Waals surface area contributed by atoms with E-state index in [1.807, 2.05) is 30.0 Å². The Morgan fingerprint density at radius 3 is 3.00 bits per heavy atom. The summed E-state index contributed by atoms with van der Waals surface area (Å²) in [6.45, 7) is 2.34. The van der Waals surface area contributed by atoms with Crippen LogP contribution < -0.4 is 0 Å². The summed E-state index contributed by atoms with van der Waals surface area (Å²) in [4.78, 5) is 10.9. The molecule has 0 amide bonds. The third-order valence-electron chi connectivity index (χ3n) is 4.17. The van der Waals surface area contributed by atoms with Crippen LogP contribution >= 0.6 is 11.8 Å². The molecule has 0 aliphatic heterocycles. The number of rotatable bonds is 4. The van der Waals surface area contributed by atoms with E-state index in [4.69, 9.17) is 9.52 Å². The van der Waals surface area contributed by atoms with Gasteiger partial charge in [0.05, 0.1) is 0 Å². The van der Waals surface area contributed by atoms with E-state index in [9.17, 15) is 4.79 Å². The van der Waals surface area contributed by atoms with Gasteiger partial charge in [-0.2, -0.15) is 11.8 Å². The Kier molecular flexibility index (Phi) is 4.24. The van der Waals surface area contributed by atoms with Gasteiger partial charge in [-0.1, -0.05) is 25.8 Å². The van der Waals surface area contributed by atoms with Gasteiger partial charge in [-0.3, -0.25) is 0 Å². The van der Waals surface area contributed by atoms with Crippen LogP contribution in [0.4, 0.5) is 0 Å². The number of carboxylic acids is 1. The number of carbonyl (C=O) groups is 1. The Morgan fingerprint density at radius 2 is 2.24 bits per heavy atom. The van der Waals surface area contributed by atoms with Crippen molar-refractivity contribution in [3.63, 3.8) is 0 Å². The van der Waals surface area contributed by atoms with E-state index in [-0.39, 0.29) is 5.76 Å². The zero-order valence-corrected chi connectivity index (χ0v) is 13.0. The Hall–Kier alpha value is -1.42. The second-order valence-electron chi connectivity index (χ2n) is 5.99. The lowest BCUT2D eigenvalue weighted by Gasteiger charge is -2.26. The van der Waals surface area contributed by atoms with E-state index in [2.05, 4.69) is 6.92 Å². The lowest BCUT2D eigenvalue weighted by Crippen LogP contribution is -2.15. The number of hydrogen-bond donors (Lipinski definition) is 1. The van der Waals surface area contributed by atoms with Crippen molar-refractivity contribution < 1.29 is 14.3 Å². The quantitative estimate of drug-likeness (QED) is 0.869. The van der Waals surface area contributed by atoms with Crippen LogP contribution in [0.1, 0.15) is 48.7 Å². The highest BCUT2D eigenvalue weighted by atomic mass is 32.2. The van der Waals surface area contributed by atoms with Gasteiger partial charge >= 0.3 is 5.97 Å². The van der Waals surface area contributed by atoms with Crippen LogP contribution in [0.2, 0.25) is 0 Å². The van der Waals surface area contributed by atoms with Gasteiger partial charge in [-0.15, -0.1) is 0 Å². The van der Waals surface area contributed by atoms with E-state index in [1.165, 1.54) is 31.2 Å². The van der Waals surface area contributed by atoms with Gasteiger partial charge in [-0.05, 0) is 42.5 Å². The summed E-state index contributed by atoms with van der Waals surface area (Å²) in [5, 5.41) is 10.6. The summed E-state index contributed by atoms with van der Waals surface area (Å²) < 4.78 is 5.29. The number of thioether (sulfide) groups is 1. The maximum absolute atomic E-state index is 10.9. The number of furan rings is 1.